The van der Waals surface area contributed by atoms with Gasteiger partial charge in [-0.2, -0.15) is 0 Å². The summed E-state index contributed by atoms with van der Waals surface area (Å²) in [6.07, 6.45) is 8.42. The first-order valence-electron chi connectivity index (χ1n) is 5.58. The fourth-order valence-electron chi connectivity index (χ4n) is 2.11. The molecule has 1 heteroatoms. The maximum absolute atomic E-state index is 3.58. The zero-order chi connectivity index (χ0) is 8.81. The van der Waals surface area contributed by atoms with Gasteiger partial charge in [-0.05, 0) is 31.7 Å². The molecular formula is C11H23N. The van der Waals surface area contributed by atoms with Crippen molar-refractivity contribution in [2.24, 2.45) is 5.92 Å². The third-order valence-corrected chi connectivity index (χ3v) is 3.05. The van der Waals surface area contributed by atoms with Crippen molar-refractivity contribution in [1.29, 1.82) is 0 Å². The number of unbranched alkanes of at least 4 members (excludes halogenated alkanes) is 2. The molecule has 1 aliphatic rings. The van der Waals surface area contributed by atoms with Gasteiger partial charge in [-0.3, -0.25) is 0 Å². The molecule has 1 fully saturated rings. The molecule has 0 aliphatic carbocycles. The summed E-state index contributed by atoms with van der Waals surface area (Å²) >= 11 is 0. The van der Waals surface area contributed by atoms with Gasteiger partial charge in [0.05, 0.1) is 0 Å². The van der Waals surface area contributed by atoms with Gasteiger partial charge in [0, 0.05) is 6.04 Å². The van der Waals surface area contributed by atoms with Crippen molar-refractivity contribution in [2.75, 3.05) is 6.54 Å². The molecule has 1 heterocycles. The van der Waals surface area contributed by atoms with E-state index >= 15 is 0 Å². The van der Waals surface area contributed by atoms with Crippen molar-refractivity contribution in [1.82, 2.24) is 5.32 Å². The van der Waals surface area contributed by atoms with Gasteiger partial charge in [0.1, 0.15) is 0 Å². The highest BCUT2D eigenvalue weighted by molar-refractivity contribution is 4.78. The Morgan fingerprint density at radius 2 is 2.25 bits per heavy atom. The maximum atomic E-state index is 3.58. The summed E-state index contributed by atoms with van der Waals surface area (Å²) in [5, 5.41) is 3.58. The van der Waals surface area contributed by atoms with Crippen molar-refractivity contribution in [3.8, 4) is 0 Å². The summed E-state index contributed by atoms with van der Waals surface area (Å²) in [6.45, 7) is 5.93. The zero-order valence-corrected chi connectivity index (χ0v) is 8.60. The first kappa shape index (κ1) is 10.0. The van der Waals surface area contributed by atoms with Crippen LogP contribution in [0.4, 0.5) is 0 Å². The van der Waals surface area contributed by atoms with E-state index in [-0.39, 0.29) is 0 Å². The van der Waals surface area contributed by atoms with Gasteiger partial charge in [0.25, 0.3) is 0 Å². The molecule has 2 atom stereocenters. The number of hydrogen-bond acceptors (Lipinski definition) is 1. The average molecular weight is 169 g/mol. The molecule has 2 unspecified atom stereocenters. The van der Waals surface area contributed by atoms with E-state index in [9.17, 15) is 0 Å². The summed E-state index contributed by atoms with van der Waals surface area (Å²) in [5.74, 6) is 0.902. The fourth-order valence-corrected chi connectivity index (χ4v) is 2.11. The SMILES string of the molecule is CCCCCC(C)C1CCCN1. The van der Waals surface area contributed by atoms with Crippen molar-refractivity contribution >= 4 is 0 Å². The lowest BCUT2D eigenvalue weighted by Gasteiger charge is -2.18. The second-order valence-corrected chi connectivity index (χ2v) is 4.18. The molecular weight excluding hydrogens is 146 g/mol. The topological polar surface area (TPSA) is 12.0 Å². The van der Waals surface area contributed by atoms with E-state index in [2.05, 4.69) is 19.2 Å². The van der Waals surface area contributed by atoms with Crippen LogP contribution < -0.4 is 5.32 Å². The van der Waals surface area contributed by atoms with Crippen molar-refractivity contribution in [3.63, 3.8) is 0 Å². The van der Waals surface area contributed by atoms with Crippen LogP contribution in [0.1, 0.15) is 52.4 Å². The summed E-state index contributed by atoms with van der Waals surface area (Å²) < 4.78 is 0. The molecule has 0 aromatic rings. The highest BCUT2D eigenvalue weighted by Crippen LogP contribution is 2.19. The largest absolute Gasteiger partial charge is 0.314 e. The van der Waals surface area contributed by atoms with Crippen molar-refractivity contribution < 1.29 is 0 Å². The van der Waals surface area contributed by atoms with Crippen LogP contribution in [0.3, 0.4) is 0 Å². The zero-order valence-electron chi connectivity index (χ0n) is 8.60. The van der Waals surface area contributed by atoms with E-state index in [1.54, 1.807) is 0 Å². The van der Waals surface area contributed by atoms with Crippen LogP contribution >= 0.6 is 0 Å². The highest BCUT2D eigenvalue weighted by Gasteiger charge is 2.19. The Balaban J connectivity index is 2.05. The Labute approximate surface area is 76.9 Å². The lowest BCUT2D eigenvalue weighted by atomic mass is 9.94. The smallest absolute Gasteiger partial charge is 0.00931 e. The molecule has 1 saturated heterocycles. The van der Waals surface area contributed by atoms with Crippen LogP contribution in [0.2, 0.25) is 0 Å². The Kier molecular flexibility index (Phi) is 4.67. The summed E-state index contributed by atoms with van der Waals surface area (Å²) in [4.78, 5) is 0. The second kappa shape index (κ2) is 5.58. The van der Waals surface area contributed by atoms with E-state index in [4.69, 9.17) is 0 Å². The number of nitrogens with one attached hydrogen (secondary N) is 1. The molecule has 0 spiro atoms. The number of rotatable bonds is 5. The maximum Gasteiger partial charge on any atom is 0.00931 e. The van der Waals surface area contributed by atoms with Crippen LogP contribution in [0, 0.1) is 5.92 Å². The Hall–Kier alpha value is -0.0400. The summed E-state index contributed by atoms with van der Waals surface area (Å²) in [7, 11) is 0. The third-order valence-electron chi connectivity index (χ3n) is 3.05. The molecule has 12 heavy (non-hydrogen) atoms. The average Bonchev–Trinajstić information content (AvgIpc) is 2.56. The van der Waals surface area contributed by atoms with Crippen LogP contribution in [-0.2, 0) is 0 Å². The van der Waals surface area contributed by atoms with Crippen LogP contribution in [-0.4, -0.2) is 12.6 Å². The van der Waals surface area contributed by atoms with E-state index < -0.39 is 0 Å². The standard InChI is InChI=1S/C11H23N/c1-3-4-5-7-10(2)11-8-6-9-12-11/h10-12H,3-9H2,1-2H3. The monoisotopic (exact) mass is 169 g/mol. The van der Waals surface area contributed by atoms with Gasteiger partial charge < -0.3 is 5.32 Å². The lowest BCUT2D eigenvalue weighted by Crippen LogP contribution is -2.28. The van der Waals surface area contributed by atoms with Gasteiger partial charge in [0.15, 0.2) is 0 Å². The molecule has 1 N–H and O–H groups in total. The Morgan fingerprint density at radius 1 is 1.42 bits per heavy atom. The van der Waals surface area contributed by atoms with Crippen LogP contribution in [0.5, 0.6) is 0 Å². The fraction of sp³-hybridized carbons (Fsp3) is 1.00. The van der Waals surface area contributed by atoms with E-state index in [1.807, 2.05) is 0 Å². The molecule has 0 radical (unpaired) electrons. The Morgan fingerprint density at radius 3 is 2.83 bits per heavy atom. The third kappa shape index (κ3) is 3.14. The van der Waals surface area contributed by atoms with Gasteiger partial charge in [-0.25, -0.2) is 0 Å². The van der Waals surface area contributed by atoms with E-state index in [0.29, 0.717) is 0 Å². The minimum Gasteiger partial charge on any atom is -0.314 e. The van der Waals surface area contributed by atoms with Crippen LogP contribution in [0.25, 0.3) is 0 Å². The molecule has 0 saturated carbocycles. The molecule has 1 nitrogen and oxygen atoms in total. The quantitative estimate of drug-likeness (QED) is 0.624. The minimum atomic E-state index is 0.835. The molecule has 72 valence electrons. The molecule has 0 aromatic heterocycles. The van der Waals surface area contributed by atoms with Gasteiger partial charge in [-0.15, -0.1) is 0 Å². The van der Waals surface area contributed by atoms with E-state index in [1.165, 1.54) is 45.1 Å². The van der Waals surface area contributed by atoms with Gasteiger partial charge >= 0.3 is 0 Å². The lowest BCUT2D eigenvalue weighted by molar-refractivity contribution is 0.381. The first-order valence-corrected chi connectivity index (χ1v) is 5.58. The molecule has 0 aromatic carbocycles. The van der Waals surface area contributed by atoms with E-state index in [0.717, 1.165) is 12.0 Å². The van der Waals surface area contributed by atoms with Crippen molar-refractivity contribution in [2.45, 2.75) is 58.4 Å². The highest BCUT2D eigenvalue weighted by atomic mass is 14.9. The normalized spacial score (nSPS) is 26.0. The second-order valence-electron chi connectivity index (χ2n) is 4.18. The summed E-state index contributed by atoms with van der Waals surface area (Å²) in [6, 6.07) is 0.835. The summed E-state index contributed by atoms with van der Waals surface area (Å²) in [5.41, 5.74) is 0. The van der Waals surface area contributed by atoms with Crippen LogP contribution in [0.15, 0.2) is 0 Å². The van der Waals surface area contributed by atoms with Crippen molar-refractivity contribution in [3.05, 3.63) is 0 Å². The molecule has 1 rings (SSSR count). The predicted molar refractivity (Wildman–Crippen MR) is 54.3 cm³/mol. The minimum absolute atomic E-state index is 0.835. The molecule has 1 aliphatic heterocycles. The number of hydrogen-bond donors (Lipinski definition) is 1. The van der Waals surface area contributed by atoms with Gasteiger partial charge in [0.2, 0.25) is 0 Å². The Bertz CT molecular complexity index is 106. The molecule has 0 amide bonds. The molecule has 0 bridgehead atoms. The predicted octanol–water partition coefficient (Wildman–Crippen LogP) is 2.95. The van der Waals surface area contributed by atoms with Gasteiger partial charge in [-0.1, -0.05) is 33.1 Å². The first-order chi connectivity index (χ1) is 5.84.